The third-order valence-corrected chi connectivity index (χ3v) is 17.8. The third-order valence-electron chi connectivity index (χ3n) is 11.4. The van der Waals surface area contributed by atoms with Gasteiger partial charge in [-0.25, -0.2) is 0 Å². The van der Waals surface area contributed by atoms with Crippen molar-refractivity contribution in [1.82, 2.24) is 10.2 Å². The molecule has 0 heterocycles. The van der Waals surface area contributed by atoms with E-state index in [0.717, 1.165) is 51.4 Å². The molecular formula is C46H94N2O5P2. The molecule has 0 spiro atoms. The van der Waals surface area contributed by atoms with E-state index in [4.69, 9.17) is 0 Å². The van der Waals surface area contributed by atoms with Gasteiger partial charge in [-0.15, -0.1) is 0 Å². The van der Waals surface area contributed by atoms with Gasteiger partial charge in [0.15, 0.2) is 0 Å². The zero-order valence-corrected chi connectivity index (χ0v) is 39.0. The quantitative estimate of drug-likeness (QED) is 0.0469. The van der Waals surface area contributed by atoms with E-state index < -0.39 is 26.8 Å². The van der Waals surface area contributed by atoms with Crippen molar-refractivity contribution in [3.05, 3.63) is 0 Å². The highest BCUT2D eigenvalue weighted by molar-refractivity contribution is 7.64. The first-order valence-corrected chi connectivity index (χ1v) is 28.5. The van der Waals surface area contributed by atoms with Crippen LogP contribution in [0.2, 0.25) is 0 Å². The Morgan fingerprint density at radius 2 is 0.655 bits per heavy atom. The molecule has 328 valence electrons. The average Bonchev–Trinajstić information content (AvgIpc) is 3.15. The molecular weight excluding hydrogens is 722 g/mol. The van der Waals surface area contributed by atoms with Crippen molar-refractivity contribution in [2.75, 3.05) is 50.3 Å². The summed E-state index contributed by atoms with van der Waals surface area (Å²) in [5.41, 5.74) is 0. The molecule has 0 aromatic rings. The van der Waals surface area contributed by atoms with E-state index in [1.54, 1.807) is 0 Å². The number of carbonyl (C=O) groups excluding carboxylic acids is 1. The van der Waals surface area contributed by atoms with Gasteiger partial charge < -0.3 is 19.6 Å². The summed E-state index contributed by atoms with van der Waals surface area (Å²) in [7, 11) is -5.36. The van der Waals surface area contributed by atoms with E-state index in [9.17, 15) is 23.8 Å². The Bertz CT molecular complexity index is 870. The highest BCUT2D eigenvalue weighted by Gasteiger charge is 2.31. The van der Waals surface area contributed by atoms with E-state index in [0.29, 0.717) is 37.2 Å². The monoisotopic (exact) mass is 817 g/mol. The normalized spacial score (nSPS) is 12.2. The van der Waals surface area contributed by atoms with E-state index in [1.165, 1.54) is 154 Å². The van der Waals surface area contributed by atoms with Crippen molar-refractivity contribution in [2.45, 2.75) is 233 Å². The number of rotatable bonds is 44. The summed E-state index contributed by atoms with van der Waals surface area (Å²) in [6.45, 7) is 8.51. The lowest BCUT2D eigenvalue weighted by Gasteiger charge is -2.31. The zero-order valence-electron chi connectivity index (χ0n) is 37.2. The summed E-state index contributed by atoms with van der Waals surface area (Å²) in [4.78, 5) is 26.4. The van der Waals surface area contributed by atoms with Crippen molar-refractivity contribution in [2.24, 2.45) is 0 Å². The molecule has 0 bridgehead atoms. The number of nitrogens with zero attached hydrogens (tertiary/aromatic N) is 1. The summed E-state index contributed by atoms with van der Waals surface area (Å²) in [6, 6.07) is 0. The van der Waals surface area contributed by atoms with Crippen LogP contribution in [0.1, 0.15) is 233 Å². The molecule has 0 radical (unpaired) electrons. The first-order valence-electron chi connectivity index (χ1n) is 24.0. The molecule has 7 nitrogen and oxygen atoms in total. The Labute approximate surface area is 342 Å². The highest BCUT2D eigenvalue weighted by atomic mass is 31.2. The Kier molecular flexibility index (Phi) is 38.4. The van der Waals surface area contributed by atoms with E-state index >= 15 is 0 Å². The summed E-state index contributed by atoms with van der Waals surface area (Å²) in [5, 5.41) is 11.8. The van der Waals surface area contributed by atoms with Gasteiger partial charge in [-0.05, 0) is 25.7 Å². The zero-order chi connectivity index (χ0) is 40.7. The Morgan fingerprint density at radius 1 is 0.418 bits per heavy atom. The summed E-state index contributed by atoms with van der Waals surface area (Å²) >= 11 is 0. The molecule has 2 N–H and O–H groups in total. The molecule has 0 saturated carbocycles. The molecule has 0 aliphatic carbocycles. The fraction of sp³-hybridized carbons (Fsp3) is 0.957. The topological polar surface area (TPSA) is 104 Å². The number of amides is 1. The van der Waals surface area contributed by atoms with Crippen LogP contribution in [0.25, 0.3) is 0 Å². The molecule has 0 rings (SSSR count). The molecule has 9 heteroatoms. The van der Waals surface area contributed by atoms with Gasteiger partial charge in [0, 0.05) is 24.6 Å². The maximum atomic E-state index is 15.0. The predicted molar refractivity (Wildman–Crippen MR) is 242 cm³/mol. The number of carboxylic acid groups (broad SMARTS) is 1. The molecule has 0 atom stereocenters. The van der Waals surface area contributed by atoms with E-state index in [2.05, 4.69) is 33.0 Å². The minimum absolute atomic E-state index is 0.0367. The van der Waals surface area contributed by atoms with Gasteiger partial charge in [-0.2, -0.15) is 0 Å². The Balaban J connectivity index is 5.88. The second-order valence-electron chi connectivity index (χ2n) is 17.2. The van der Waals surface area contributed by atoms with Crippen molar-refractivity contribution < 1.29 is 23.8 Å². The molecule has 0 aliphatic rings. The molecule has 0 unspecified atom stereocenters. The fourth-order valence-corrected chi connectivity index (χ4v) is 14.2. The molecule has 0 fully saturated rings. The van der Waals surface area contributed by atoms with Gasteiger partial charge in [-0.1, -0.05) is 207 Å². The van der Waals surface area contributed by atoms with Crippen LogP contribution in [0.5, 0.6) is 0 Å². The van der Waals surface area contributed by atoms with Crippen molar-refractivity contribution in [3.63, 3.8) is 0 Å². The Morgan fingerprint density at radius 3 is 0.891 bits per heavy atom. The second-order valence-corrected chi connectivity index (χ2v) is 23.8. The largest absolute Gasteiger partial charge is 0.480 e. The standard InChI is InChI=1S/C46H94N2O5P2/c1-5-9-13-17-21-25-29-33-37-54(52,38-34-30-26-22-18-14-10-6-2)43-48(42-45(49)47-41-46(50)51)44-55(53,39-35-31-27-23-19-15-11-7-3)40-36-32-28-24-20-16-12-8-4/h5-44H2,1-4H3,(H,47,49)(H,50,51). The van der Waals surface area contributed by atoms with Gasteiger partial charge in [0.05, 0.1) is 19.1 Å². The van der Waals surface area contributed by atoms with Crippen LogP contribution >= 0.6 is 14.3 Å². The number of unbranched alkanes of at least 4 members (excludes halogenated alkanes) is 28. The van der Waals surface area contributed by atoms with Crippen LogP contribution in [0.4, 0.5) is 0 Å². The third kappa shape index (κ3) is 36.2. The van der Waals surface area contributed by atoms with Gasteiger partial charge in [-0.3, -0.25) is 14.5 Å². The lowest BCUT2D eigenvalue weighted by molar-refractivity contribution is -0.138. The van der Waals surface area contributed by atoms with Crippen molar-refractivity contribution >= 4 is 26.2 Å². The van der Waals surface area contributed by atoms with Gasteiger partial charge in [0.1, 0.15) is 20.8 Å². The van der Waals surface area contributed by atoms with Crippen LogP contribution in [0.3, 0.4) is 0 Å². The molecule has 0 aliphatic heterocycles. The Hall–Kier alpha value is -0.640. The number of hydrogen-bond acceptors (Lipinski definition) is 5. The lowest BCUT2D eigenvalue weighted by atomic mass is 10.1. The van der Waals surface area contributed by atoms with E-state index in [1.807, 2.05) is 4.90 Å². The molecule has 55 heavy (non-hydrogen) atoms. The van der Waals surface area contributed by atoms with Crippen LogP contribution in [-0.2, 0) is 18.7 Å². The fourth-order valence-electron chi connectivity index (χ4n) is 7.95. The minimum Gasteiger partial charge on any atom is -0.480 e. The molecule has 0 aromatic carbocycles. The van der Waals surface area contributed by atoms with Gasteiger partial charge >= 0.3 is 5.97 Å². The number of carboxylic acids is 1. The lowest BCUT2D eigenvalue weighted by Crippen LogP contribution is -2.40. The number of carbonyl (C=O) groups is 2. The first kappa shape index (κ1) is 54.4. The van der Waals surface area contributed by atoms with Crippen LogP contribution < -0.4 is 5.32 Å². The number of hydrogen-bond donors (Lipinski definition) is 2. The van der Waals surface area contributed by atoms with Crippen molar-refractivity contribution in [3.8, 4) is 0 Å². The summed E-state index contributed by atoms with van der Waals surface area (Å²) in [6.07, 6.45) is 41.6. The maximum Gasteiger partial charge on any atom is 0.322 e. The first-order chi connectivity index (χ1) is 26.6. The van der Waals surface area contributed by atoms with Crippen LogP contribution in [0.15, 0.2) is 0 Å². The number of aliphatic carboxylic acids is 1. The van der Waals surface area contributed by atoms with Crippen LogP contribution in [-0.4, -0.2) is 72.2 Å². The van der Waals surface area contributed by atoms with Gasteiger partial charge in [0.2, 0.25) is 5.91 Å². The van der Waals surface area contributed by atoms with Gasteiger partial charge in [0.25, 0.3) is 0 Å². The maximum absolute atomic E-state index is 15.0. The smallest absolute Gasteiger partial charge is 0.322 e. The highest BCUT2D eigenvalue weighted by Crippen LogP contribution is 2.52. The van der Waals surface area contributed by atoms with Crippen molar-refractivity contribution in [1.29, 1.82) is 0 Å². The second kappa shape index (κ2) is 38.9. The molecule has 0 aromatic heterocycles. The predicted octanol–water partition coefficient (Wildman–Crippen LogP) is 14.7. The molecule has 0 saturated heterocycles. The summed E-state index contributed by atoms with van der Waals surface area (Å²) < 4.78 is 29.9. The average molecular weight is 817 g/mol. The van der Waals surface area contributed by atoms with E-state index in [-0.39, 0.29) is 12.5 Å². The summed E-state index contributed by atoms with van der Waals surface area (Å²) in [5.74, 6) is -1.45. The molecule has 1 amide bonds. The minimum atomic E-state index is -2.68. The van der Waals surface area contributed by atoms with Crippen LogP contribution in [0, 0.1) is 0 Å². The SMILES string of the molecule is CCCCCCCCCCP(=O)(CCCCCCCCCC)CN(CC(=O)NCC(=O)O)CP(=O)(CCCCCCCCCC)CCCCCCCCCC. The number of nitrogens with one attached hydrogen (secondary N) is 1.